The Hall–Kier alpha value is 0.130. The van der Waals surface area contributed by atoms with Gasteiger partial charge in [0, 0.05) is 7.26 Å². The molecule has 0 unspecified atom stereocenters. The molecule has 0 amide bonds. The van der Waals surface area contributed by atoms with Crippen LogP contribution in [0.2, 0.25) is 0 Å². The van der Waals surface area contributed by atoms with Gasteiger partial charge >= 0.3 is 0 Å². The van der Waals surface area contributed by atoms with Crippen LogP contribution in [0.4, 0.5) is 0 Å². The molecule has 0 atom stereocenters. The molecule has 2 heteroatoms. The first-order valence-corrected chi connectivity index (χ1v) is 7.55. The molecule has 0 bridgehead atoms. The van der Waals surface area contributed by atoms with Gasteiger partial charge in [-0.3, -0.25) is 0 Å². The monoisotopic (exact) mass is 274 g/mol. The van der Waals surface area contributed by atoms with Crippen LogP contribution < -0.4 is 22.3 Å². The lowest BCUT2D eigenvalue weighted by Crippen LogP contribution is -3.00. The van der Waals surface area contributed by atoms with Crippen molar-refractivity contribution in [2.45, 2.75) is 20.8 Å². The maximum Gasteiger partial charge on any atom is 0.0939 e. The van der Waals surface area contributed by atoms with Crippen molar-refractivity contribution in [3.63, 3.8) is 0 Å². The van der Waals surface area contributed by atoms with Gasteiger partial charge in [0.25, 0.3) is 0 Å². The maximum atomic E-state index is 2.34. The van der Waals surface area contributed by atoms with Crippen molar-refractivity contribution >= 4 is 12.6 Å². The van der Waals surface area contributed by atoms with Gasteiger partial charge in [0.15, 0.2) is 0 Å². The summed E-state index contributed by atoms with van der Waals surface area (Å²) in [6.07, 6.45) is 4.05. The summed E-state index contributed by atoms with van der Waals surface area (Å²) in [7, 11) is -0.791. The van der Waals surface area contributed by atoms with Gasteiger partial charge in [-0.05, 0) is 32.9 Å². The van der Waals surface area contributed by atoms with Crippen molar-refractivity contribution in [1.82, 2.24) is 0 Å². The van der Waals surface area contributed by atoms with E-state index in [1.54, 1.807) is 5.30 Å². The SMILES string of the molecule is CC[P+](CC)(CC)c1ccccc1.[Br-]. The van der Waals surface area contributed by atoms with E-state index in [9.17, 15) is 0 Å². The summed E-state index contributed by atoms with van der Waals surface area (Å²) in [5, 5.41) is 1.61. The van der Waals surface area contributed by atoms with Crippen molar-refractivity contribution in [3.8, 4) is 0 Å². The molecule has 0 spiro atoms. The Labute approximate surface area is 99.2 Å². The van der Waals surface area contributed by atoms with Crippen LogP contribution in [0.1, 0.15) is 20.8 Å². The molecule has 14 heavy (non-hydrogen) atoms. The van der Waals surface area contributed by atoms with Crippen LogP contribution in [0.15, 0.2) is 30.3 Å². The van der Waals surface area contributed by atoms with Gasteiger partial charge in [-0.2, -0.15) is 0 Å². The van der Waals surface area contributed by atoms with E-state index in [0.717, 1.165) is 0 Å². The van der Waals surface area contributed by atoms with E-state index in [0.29, 0.717) is 0 Å². The Bertz CT molecular complexity index is 233. The summed E-state index contributed by atoms with van der Waals surface area (Å²) in [5.41, 5.74) is 0. The van der Waals surface area contributed by atoms with Gasteiger partial charge in [0.05, 0.1) is 23.8 Å². The van der Waals surface area contributed by atoms with Crippen LogP contribution in [0, 0.1) is 0 Å². The second-order valence-corrected chi connectivity index (χ2v) is 8.13. The van der Waals surface area contributed by atoms with Crippen molar-refractivity contribution in [2.75, 3.05) is 18.5 Å². The van der Waals surface area contributed by atoms with E-state index in [2.05, 4.69) is 51.1 Å². The smallest absolute Gasteiger partial charge is 0.0939 e. The molecule has 0 radical (unpaired) electrons. The van der Waals surface area contributed by atoms with Crippen molar-refractivity contribution in [3.05, 3.63) is 30.3 Å². The Morgan fingerprint density at radius 2 is 1.29 bits per heavy atom. The van der Waals surface area contributed by atoms with Crippen molar-refractivity contribution < 1.29 is 17.0 Å². The second kappa shape index (κ2) is 6.58. The third-order valence-electron chi connectivity index (χ3n) is 3.12. The average Bonchev–Trinajstić information content (AvgIpc) is 2.23. The molecule has 0 saturated heterocycles. The number of rotatable bonds is 4. The minimum Gasteiger partial charge on any atom is -1.00 e. The standard InChI is InChI=1S/C12H20P.BrH/c1-4-13(5-2,6-3)12-10-8-7-9-11-12;/h7-11H,4-6H2,1-3H3;1H/q+1;/p-1. The minimum atomic E-state index is -0.791. The molecule has 0 saturated carbocycles. The maximum absolute atomic E-state index is 2.34. The van der Waals surface area contributed by atoms with Gasteiger partial charge in [-0.15, -0.1) is 0 Å². The summed E-state index contributed by atoms with van der Waals surface area (Å²) < 4.78 is 0. The fraction of sp³-hybridized carbons (Fsp3) is 0.500. The molecule has 0 aliphatic carbocycles. The highest BCUT2D eigenvalue weighted by molar-refractivity contribution is 7.82. The lowest BCUT2D eigenvalue weighted by Gasteiger charge is -2.23. The molecule has 0 aromatic heterocycles. The lowest BCUT2D eigenvalue weighted by atomic mass is 10.4. The molecule has 0 nitrogen and oxygen atoms in total. The fourth-order valence-corrected chi connectivity index (χ4v) is 5.20. The predicted molar refractivity (Wildman–Crippen MR) is 64.6 cm³/mol. The zero-order valence-electron chi connectivity index (χ0n) is 9.33. The van der Waals surface area contributed by atoms with Crippen molar-refractivity contribution in [2.24, 2.45) is 0 Å². The predicted octanol–water partition coefficient (Wildman–Crippen LogP) is 0.393. The van der Waals surface area contributed by atoms with Gasteiger partial charge in [0.1, 0.15) is 0 Å². The Morgan fingerprint density at radius 3 is 1.64 bits per heavy atom. The van der Waals surface area contributed by atoms with E-state index in [-0.39, 0.29) is 17.0 Å². The zero-order chi connectivity index (χ0) is 9.73. The Kier molecular flexibility index (Phi) is 6.64. The van der Waals surface area contributed by atoms with E-state index in [1.807, 2.05) is 0 Å². The molecule has 0 fully saturated rings. The van der Waals surface area contributed by atoms with Crippen LogP contribution in [0.5, 0.6) is 0 Å². The van der Waals surface area contributed by atoms with Crippen LogP contribution >= 0.6 is 7.26 Å². The highest BCUT2D eigenvalue weighted by Crippen LogP contribution is 2.56. The van der Waals surface area contributed by atoms with Gasteiger partial charge < -0.3 is 17.0 Å². The summed E-state index contributed by atoms with van der Waals surface area (Å²) in [5.74, 6) is 0. The van der Waals surface area contributed by atoms with Crippen molar-refractivity contribution in [1.29, 1.82) is 0 Å². The van der Waals surface area contributed by atoms with Crippen LogP contribution in [0.3, 0.4) is 0 Å². The highest BCUT2D eigenvalue weighted by atomic mass is 79.9. The molecular formula is C12H20BrP. The molecule has 0 N–H and O–H groups in total. The van der Waals surface area contributed by atoms with Crippen LogP contribution in [-0.4, -0.2) is 18.5 Å². The molecule has 1 aromatic carbocycles. The summed E-state index contributed by atoms with van der Waals surface area (Å²) in [4.78, 5) is 0. The Balaban J connectivity index is 0.00000169. The van der Waals surface area contributed by atoms with E-state index < -0.39 is 7.26 Å². The van der Waals surface area contributed by atoms with E-state index in [4.69, 9.17) is 0 Å². The molecule has 1 aromatic rings. The van der Waals surface area contributed by atoms with Gasteiger partial charge in [0.2, 0.25) is 0 Å². The largest absolute Gasteiger partial charge is 1.00 e. The third kappa shape index (κ3) is 2.81. The summed E-state index contributed by atoms with van der Waals surface area (Å²) in [6.45, 7) is 7.02. The van der Waals surface area contributed by atoms with Crippen LogP contribution in [0.25, 0.3) is 0 Å². The molecule has 0 aliphatic heterocycles. The summed E-state index contributed by atoms with van der Waals surface area (Å²) in [6, 6.07) is 11.1. The number of hydrogen-bond donors (Lipinski definition) is 0. The van der Waals surface area contributed by atoms with E-state index in [1.165, 1.54) is 18.5 Å². The van der Waals surface area contributed by atoms with Gasteiger partial charge in [-0.25, -0.2) is 0 Å². The average molecular weight is 275 g/mol. The first kappa shape index (κ1) is 14.1. The van der Waals surface area contributed by atoms with Gasteiger partial charge in [-0.1, -0.05) is 18.2 Å². The second-order valence-electron chi connectivity index (χ2n) is 3.43. The Morgan fingerprint density at radius 1 is 0.857 bits per heavy atom. The highest BCUT2D eigenvalue weighted by Gasteiger charge is 2.33. The zero-order valence-corrected chi connectivity index (χ0v) is 11.8. The third-order valence-corrected chi connectivity index (χ3v) is 8.15. The number of hydrogen-bond acceptors (Lipinski definition) is 0. The molecule has 1 rings (SSSR count). The summed E-state index contributed by atoms with van der Waals surface area (Å²) >= 11 is 0. The topological polar surface area (TPSA) is 0 Å². The molecule has 0 heterocycles. The normalized spacial score (nSPS) is 10.8. The lowest BCUT2D eigenvalue weighted by molar-refractivity contribution is -0.00000283. The van der Waals surface area contributed by atoms with E-state index >= 15 is 0 Å². The molecule has 80 valence electrons. The molecular weight excluding hydrogens is 255 g/mol. The molecule has 0 aliphatic rings. The quantitative estimate of drug-likeness (QED) is 0.698. The number of benzene rings is 1. The fourth-order valence-electron chi connectivity index (χ4n) is 1.96. The first-order chi connectivity index (χ1) is 6.29. The number of halogens is 1. The van der Waals surface area contributed by atoms with Crippen LogP contribution in [-0.2, 0) is 0 Å². The minimum absolute atomic E-state index is 0. The first-order valence-electron chi connectivity index (χ1n) is 5.20.